The number of hydrogen-bond acceptors (Lipinski definition) is 2. The van der Waals surface area contributed by atoms with Crippen molar-refractivity contribution in [3.63, 3.8) is 0 Å². The molecule has 0 aromatic carbocycles. The van der Waals surface area contributed by atoms with Crippen LogP contribution in [-0.2, 0) is 0 Å². The number of likely N-dealkylation sites (tertiary alicyclic amines) is 1. The lowest BCUT2D eigenvalue weighted by molar-refractivity contribution is 0.0913. The van der Waals surface area contributed by atoms with Crippen molar-refractivity contribution in [2.45, 2.75) is 78.3 Å². The van der Waals surface area contributed by atoms with Crippen molar-refractivity contribution in [3.05, 3.63) is 0 Å². The van der Waals surface area contributed by atoms with E-state index in [2.05, 4.69) is 39.5 Å². The molecule has 1 aliphatic heterocycles. The van der Waals surface area contributed by atoms with Crippen LogP contribution in [0.5, 0.6) is 0 Å². The summed E-state index contributed by atoms with van der Waals surface area (Å²) < 4.78 is 0. The van der Waals surface area contributed by atoms with E-state index in [1.54, 1.807) is 0 Å². The molecule has 1 aliphatic rings. The topological polar surface area (TPSA) is 29.3 Å². The van der Waals surface area contributed by atoms with Gasteiger partial charge in [-0.3, -0.25) is 4.90 Å². The van der Waals surface area contributed by atoms with Gasteiger partial charge in [-0.25, -0.2) is 0 Å². The second kappa shape index (κ2) is 5.71. The maximum atomic E-state index is 6.51. The zero-order valence-corrected chi connectivity index (χ0v) is 12.6. The minimum absolute atomic E-state index is 0.210. The van der Waals surface area contributed by atoms with Crippen molar-refractivity contribution in [2.75, 3.05) is 13.1 Å². The molecule has 102 valence electrons. The highest BCUT2D eigenvalue weighted by molar-refractivity contribution is 4.96. The molecule has 1 rings (SSSR count). The highest BCUT2D eigenvalue weighted by atomic mass is 15.2. The standard InChI is InChI=1S/C15H32N2/c1-6-15(5,17-11-7-8-12-17)13(16)9-10-14(2,3)4/h13H,6-12,16H2,1-5H3. The number of hydrogen-bond donors (Lipinski definition) is 1. The van der Waals surface area contributed by atoms with E-state index in [1.807, 2.05) is 0 Å². The van der Waals surface area contributed by atoms with E-state index in [-0.39, 0.29) is 5.54 Å². The fraction of sp³-hybridized carbons (Fsp3) is 1.00. The molecule has 2 N–H and O–H groups in total. The molecule has 0 aliphatic carbocycles. The van der Waals surface area contributed by atoms with Crippen molar-refractivity contribution < 1.29 is 0 Å². The Bertz CT molecular complexity index is 226. The maximum absolute atomic E-state index is 6.51. The summed E-state index contributed by atoms with van der Waals surface area (Å²) in [6, 6.07) is 0.310. The van der Waals surface area contributed by atoms with Gasteiger partial charge >= 0.3 is 0 Å². The largest absolute Gasteiger partial charge is 0.326 e. The molecule has 17 heavy (non-hydrogen) atoms. The van der Waals surface area contributed by atoms with E-state index in [0.29, 0.717) is 11.5 Å². The minimum atomic E-state index is 0.210. The van der Waals surface area contributed by atoms with Gasteiger partial charge in [0, 0.05) is 11.6 Å². The van der Waals surface area contributed by atoms with Crippen LogP contribution in [0.1, 0.15) is 66.7 Å². The van der Waals surface area contributed by atoms with E-state index in [1.165, 1.54) is 32.4 Å². The molecule has 0 radical (unpaired) electrons. The Hall–Kier alpha value is -0.0800. The third kappa shape index (κ3) is 3.96. The Kier molecular flexibility index (Phi) is 5.03. The molecule has 0 spiro atoms. The molecule has 1 heterocycles. The summed E-state index contributed by atoms with van der Waals surface area (Å²) in [7, 11) is 0. The first-order valence-electron chi connectivity index (χ1n) is 7.30. The zero-order chi connectivity index (χ0) is 13.1. The van der Waals surface area contributed by atoms with Crippen LogP contribution in [-0.4, -0.2) is 29.6 Å². The lowest BCUT2D eigenvalue weighted by Gasteiger charge is -2.43. The van der Waals surface area contributed by atoms with Crippen molar-refractivity contribution in [1.82, 2.24) is 4.90 Å². The summed E-state index contributed by atoms with van der Waals surface area (Å²) in [6.07, 6.45) is 6.23. The number of nitrogens with two attached hydrogens (primary N) is 1. The van der Waals surface area contributed by atoms with E-state index in [0.717, 1.165) is 12.8 Å². The summed E-state index contributed by atoms with van der Waals surface area (Å²) in [4.78, 5) is 2.63. The molecule has 0 saturated carbocycles. The second-order valence-electron chi connectivity index (χ2n) is 7.11. The van der Waals surface area contributed by atoms with Crippen LogP contribution in [0.25, 0.3) is 0 Å². The van der Waals surface area contributed by atoms with Gasteiger partial charge in [-0.05, 0) is 57.5 Å². The van der Waals surface area contributed by atoms with Gasteiger partial charge in [-0.1, -0.05) is 27.7 Å². The summed E-state index contributed by atoms with van der Waals surface area (Å²) in [5.41, 5.74) is 7.12. The average Bonchev–Trinajstić information content (AvgIpc) is 2.77. The van der Waals surface area contributed by atoms with Gasteiger partial charge in [0.1, 0.15) is 0 Å². The summed E-state index contributed by atoms with van der Waals surface area (Å²) in [6.45, 7) is 14.1. The molecular formula is C15H32N2. The quantitative estimate of drug-likeness (QED) is 0.798. The Morgan fingerprint density at radius 1 is 1.12 bits per heavy atom. The fourth-order valence-corrected chi connectivity index (χ4v) is 2.85. The van der Waals surface area contributed by atoms with Crippen molar-refractivity contribution >= 4 is 0 Å². The van der Waals surface area contributed by atoms with Gasteiger partial charge in [-0.15, -0.1) is 0 Å². The van der Waals surface area contributed by atoms with Gasteiger partial charge in [0.15, 0.2) is 0 Å². The summed E-state index contributed by atoms with van der Waals surface area (Å²) in [5, 5.41) is 0. The molecule has 0 aromatic rings. The fourth-order valence-electron chi connectivity index (χ4n) is 2.85. The Morgan fingerprint density at radius 3 is 2.06 bits per heavy atom. The van der Waals surface area contributed by atoms with Gasteiger partial charge in [0.25, 0.3) is 0 Å². The van der Waals surface area contributed by atoms with E-state index in [4.69, 9.17) is 5.73 Å². The van der Waals surface area contributed by atoms with Crippen molar-refractivity contribution in [2.24, 2.45) is 11.1 Å². The molecular weight excluding hydrogens is 208 g/mol. The predicted octanol–water partition coefficient (Wildman–Crippen LogP) is 3.40. The molecule has 0 amide bonds. The third-order valence-corrected chi connectivity index (χ3v) is 4.55. The second-order valence-corrected chi connectivity index (χ2v) is 7.11. The Morgan fingerprint density at radius 2 is 1.65 bits per heavy atom. The SMILES string of the molecule is CCC(C)(C(N)CCC(C)(C)C)N1CCCC1. The predicted molar refractivity (Wildman–Crippen MR) is 76.2 cm³/mol. The molecule has 0 bridgehead atoms. The van der Waals surface area contributed by atoms with Gasteiger partial charge in [0.05, 0.1) is 0 Å². The molecule has 2 heteroatoms. The minimum Gasteiger partial charge on any atom is -0.326 e. The van der Waals surface area contributed by atoms with Crippen LogP contribution in [0.3, 0.4) is 0 Å². The highest BCUT2D eigenvalue weighted by Gasteiger charge is 2.37. The van der Waals surface area contributed by atoms with Crippen LogP contribution in [0.15, 0.2) is 0 Å². The van der Waals surface area contributed by atoms with Gasteiger partial charge < -0.3 is 5.73 Å². The van der Waals surface area contributed by atoms with Gasteiger partial charge in [-0.2, -0.15) is 0 Å². The molecule has 2 unspecified atom stereocenters. The Labute approximate surface area is 108 Å². The molecule has 1 saturated heterocycles. The lowest BCUT2D eigenvalue weighted by atomic mass is 9.81. The average molecular weight is 240 g/mol. The van der Waals surface area contributed by atoms with Crippen LogP contribution in [0.2, 0.25) is 0 Å². The Balaban J connectivity index is 2.58. The normalized spacial score (nSPS) is 23.6. The van der Waals surface area contributed by atoms with E-state index < -0.39 is 0 Å². The first kappa shape index (κ1) is 15.0. The van der Waals surface area contributed by atoms with Crippen molar-refractivity contribution in [3.8, 4) is 0 Å². The molecule has 2 atom stereocenters. The first-order valence-corrected chi connectivity index (χ1v) is 7.30. The van der Waals surface area contributed by atoms with Crippen LogP contribution in [0.4, 0.5) is 0 Å². The van der Waals surface area contributed by atoms with Crippen LogP contribution < -0.4 is 5.73 Å². The maximum Gasteiger partial charge on any atom is 0.0329 e. The summed E-state index contributed by atoms with van der Waals surface area (Å²) in [5.74, 6) is 0. The van der Waals surface area contributed by atoms with Crippen LogP contribution >= 0.6 is 0 Å². The van der Waals surface area contributed by atoms with Gasteiger partial charge in [0.2, 0.25) is 0 Å². The molecule has 2 nitrogen and oxygen atoms in total. The molecule has 1 fully saturated rings. The third-order valence-electron chi connectivity index (χ3n) is 4.55. The first-order chi connectivity index (χ1) is 7.79. The van der Waals surface area contributed by atoms with Crippen LogP contribution in [0, 0.1) is 5.41 Å². The highest BCUT2D eigenvalue weighted by Crippen LogP contribution is 2.31. The lowest BCUT2D eigenvalue weighted by Crippen LogP contribution is -2.56. The molecule has 0 aromatic heterocycles. The zero-order valence-electron chi connectivity index (χ0n) is 12.6. The van der Waals surface area contributed by atoms with E-state index in [9.17, 15) is 0 Å². The smallest absolute Gasteiger partial charge is 0.0329 e. The summed E-state index contributed by atoms with van der Waals surface area (Å²) >= 11 is 0. The monoisotopic (exact) mass is 240 g/mol. The number of rotatable bonds is 5. The number of nitrogens with zero attached hydrogens (tertiary/aromatic N) is 1. The van der Waals surface area contributed by atoms with Crippen molar-refractivity contribution in [1.29, 1.82) is 0 Å². The van der Waals surface area contributed by atoms with E-state index >= 15 is 0 Å².